The number of benzene rings is 2. The fourth-order valence-electron chi connectivity index (χ4n) is 2.56. The summed E-state index contributed by atoms with van der Waals surface area (Å²) in [6, 6.07) is 18.6. The lowest BCUT2D eigenvalue weighted by molar-refractivity contribution is -0.123. The number of para-hydroxylation sites is 1. The lowest BCUT2D eigenvalue weighted by atomic mass is 10.0. The number of fused-ring (bicyclic) bond motifs is 1. The predicted molar refractivity (Wildman–Crippen MR) is 89.0 cm³/mol. The molecule has 2 N–H and O–H groups in total. The zero-order valence-corrected chi connectivity index (χ0v) is 12.9. The number of furan rings is 1. The molecule has 0 saturated heterocycles. The van der Waals surface area contributed by atoms with Crippen molar-refractivity contribution in [1.29, 1.82) is 0 Å². The zero-order chi connectivity index (χ0) is 16.2. The van der Waals surface area contributed by atoms with E-state index in [2.05, 4.69) is 5.32 Å². The number of carbonyl (C=O) groups excluding carboxylic acids is 1. The summed E-state index contributed by atoms with van der Waals surface area (Å²) in [5.41, 5.74) is 1.64. The van der Waals surface area contributed by atoms with Crippen LogP contribution in [0.1, 0.15) is 30.2 Å². The van der Waals surface area contributed by atoms with Crippen LogP contribution < -0.4 is 5.32 Å². The van der Waals surface area contributed by atoms with Crippen LogP contribution in [0.5, 0.6) is 0 Å². The Bertz CT molecular complexity index is 761. The molecule has 4 nitrogen and oxygen atoms in total. The summed E-state index contributed by atoms with van der Waals surface area (Å²) in [7, 11) is 0. The average molecular weight is 309 g/mol. The first-order valence-corrected chi connectivity index (χ1v) is 7.63. The van der Waals surface area contributed by atoms with Gasteiger partial charge in [-0.25, -0.2) is 0 Å². The van der Waals surface area contributed by atoms with E-state index in [4.69, 9.17) is 4.42 Å². The van der Waals surface area contributed by atoms with Gasteiger partial charge in [0.1, 0.15) is 11.3 Å². The van der Waals surface area contributed by atoms with Crippen molar-refractivity contribution in [3.8, 4) is 0 Å². The Labute approximate surface area is 134 Å². The first-order chi connectivity index (χ1) is 11.2. The molecule has 2 atom stereocenters. The third-order valence-corrected chi connectivity index (χ3v) is 3.97. The van der Waals surface area contributed by atoms with Crippen LogP contribution in [0.15, 0.2) is 65.1 Å². The second kappa shape index (κ2) is 6.67. The number of rotatable bonds is 5. The average Bonchev–Trinajstić information content (AvgIpc) is 3.03. The summed E-state index contributed by atoms with van der Waals surface area (Å²) in [6.07, 6.45) is 0. The van der Waals surface area contributed by atoms with Crippen LogP contribution >= 0.6 is 0 Å². The highest BCUT2D eigenvalue weighted by Gasteiger charge is 2.22. The molecule has 0 bridgehead atoms. The van der Waals surface area contributed by atoms with Gasteiger partial charge in [0.05, 0.1) is 18.6 Å². The summed E-state index contributed by atoms with van der Waals surface area (Å²) in [5.74, 6) is 0.0144. The van der Waals surface area contributed by atoms with Gasteiger partial charge in [-0.2, -0.15) is 0 Å². The van der Waals surface area contributed by atoms with Crippen molar-refractivity contribution in [3.63, 3.8) is 0 Å². The molecule has 0 aliphatic rings. The number of amides is 1. The van der Waals surface area contributed by atoms with Crippen molar-refractivity contribution >= 4 is 16.9 Å². The highest BCUT2D eigenvalue weighted by Crippen LogP contribution is 2.25. The number of hydrogen-bond acceptors (Lipinski definition) is 3. The standard InChI is InChI=1S/C19H19NO3/c1-13(18-11-15-9-5-6-10-17(15)23-18)19(22)20-16(12-21)14-7-3-2-4-8-14/h2-11,13,16,21H,12H2,1H3,(H,20,22). The van der Waals surface area contributed by atoms with E-state index in [1.54, 1.807) is 6.92 Å². The smallest absolute Gasteiger partial charge is 0.231 e. The molecule has 2 aromatic carbocycles. The van der Waals surface area contributed by atoms with Gasteiger partial charge >= 0.3 is 0 Å². The summed E-state index contributed by atoms with van der Waals surface area (Å²) in [6.45, 7) is 1.65. The molecule has 23 heavy (non-hydrogen) atoms. The maximum Gasteiger partial charge on any atom is 0.231 e. The van der Waals surface area contributed by atoms with E-state index in [1.165, 1.54) is 0 Å². The van der Waals surface area contributed by atoms with Crippen molar-refractivity contribution in [1.82, 2.24) is 5.32 Å². The van der Waals surface area contributed by atoms with E-state index in [9.17, 15) is 9.90 Å². The molecule has 2 unspecified atom stereocenters. The third kappa shape index (κ3) is 3.27. The Hall–Kier alpha value is -2.59. The molecule has 1 aromatic heterocycles. The number of carbonyl (C=O) groups is 1. The van der Waals surface area contributed by atoms with Gasteiger partial charge in [-0.05, 0) is 24.6 Å². The second-order valence-electron chi connectivity index (χ2n) is 5.56. The minimum atomic E-state index is -0.430. The van der Waals surface area contributed by atoms with Crippen LogP contribution in [0, 0.1) is 0 Å². The van der Waals surface area contributed by atoms with Gasteiger partial charge in [0, 0.05) is 5.39 Å². The largest absolute Gasteiger partial charge is 0.460 e. The van der Waals surface area contributed by atoms with Crippen molar-refractivity contribution < 1.29 is 14.3 Å². The van der Waals surface area contributed by atoms with Gasteiger partial charge in [0.15, 0.2) is 0 Å². The van der Waals surface area contributed by atoms with Crippen molar-refractivity contribution in [3.05, 3.63) is 72.0 Å². The quantitative estimate of drug-likeness (QED) is 0.759. The minimum absolute atomic E-state index is 0.150. The zero-order valence-electron chi connectivity index (χ0n) is 12.9. The highest BCUT2D eigenvalue weighted by atomic mass is 16.3. The molecule has 0 fully saturated rings. The SMILES string of the molecule is CC(C(=O)NC(CO)c1ccccc1)c1cc2ccccc2o1. The van der Waals surface area contributed by atoms with Crippen LogP contribution in [0.4, 0.5) is 0 Å². The van der Waals surface area contributed by atoms with E-state index in [-0.39, 0.29) is 12.5 Å². The lowest BCUT2D eigenvalue weighted by Crippen LogP contribution is -2.33. The van der Waals surface area contributed by atoms with E-state index in [1.807, 2.05) is 60.7 Å². The summed E-state index contributed by atoms with van der Waals surface area (Å²) in [5, 5.41) is 13.4. The first-order valence-electron chi connectivity index (χ1n) is 7.63. The Morgan fingerprint density at radius 1 is 1.13 bits per heavy atom. The van der Waals surface area contributed by atoms with Crippen LogP contribution in [-0.2, 0) is 4.79 Å². The lowest BCUT2D eigenvalue weighted by Gasteiger charge is -2.18. The van der Waals surface area contributed by atoms with Gasteiger partial charge in [0.2, 0.25) is 5.91 Å². The normalized spacial score (nSPS) is 13.7. The molecule has 3 rings (SSSR count). The Balaban J connectivity index is 1.76. The van der Waals surface area contributed by atoms with Gasteiger partial charge in [-0.3, -0.25) is 4.79 Å². The van der Waals surface area contributed by atoms with Crippen molar-refractivity contribution in [2.45, 2.75) is 18.9 Å². The Kier molecular flexibility index (Phi) is 4.44. The molecule has 0 aliphatic carbocycles. The number of aliphatic hydroxyl groups excluding tert-OH is 1. The number of nitrogens with one attached hydrogen (secondary N) is 1. The van der Waals surface area contributed by atoms with Gasteiger partial charge < -0.3 is 14.8 Å². The fraction of sp³-hybridized carbons (Fsp3) is 0.211. The van der Waals surface area contributed by atoms with Crippen LogP contribution in [0.2, 0.25) is 0 Å². The number of hydrogen-bond donors (Lipinski definition) is 2. The number of aliphatic hydroxyl groups is 1. The van der Waals surface area contributed by atoms with E-state index in [0.717, 1.165) is 16.5 Å². The minimum Gasteiger partial charge on any atom is -0.460 e. The fourth-order valence-corrected chi connectivity index (χ4v) is 2.56. The maximum atomic E-state index is 12.5. The second-order valence-corrected chi connectivity index (χ2v) is 5.56. The summed E-state index contributed by atoms with van der Waals surface area (Å²) >= 11 is 0. The van der Waals surface area contributed by atoms with Crippen molar-refractivity contribution in [2.24, 2.45) is 0 Å². The molecule has 0 radical (unpaired) electrons. The van der Waals surface area contributed by atoms with E-state index in [0.29, 0.717) is 5.76 Å². The molecular formula is C19H19NO3. The molecule has 0 aliphatic heterocycles. The van der Waals surface area contributed by atoms with Gasteiger partial charge in [0.25, 0.3) is 0 Å². The van der Waals surface area contributed by atoms with Crippen LogP contribution in [-0.4, -0.2) is 17.6 Å². The van der Waals surface area contributed by atoms with Crippen molar-refractivity contribution in [2.75, 3.05) is 6.61 Å². The molecule has 118 valence electrons. The first kappa shape index (κ1) is 15.3. The van der Waals surface area contributed by atoms with Crippen LogP contribution in [0.25, 0.3) is 11.0 Å². The summed E-state index contributed by atoms with van der Waals surface area (Å²) in [4.78, 5) is 12.5. The molecule has 4 heteroatoms. The molecule has 3 aromatic rings. The maximum absolute atomic E-state index is 12.5. The molecule has 0 saturated carbocycles. The molecule has 1 amide bonds. The summed E-state index contributed by atoms with van der Waals surface area (Å²) < 4.78 is 5.75. The highest BCUT2D eigenvalue weighted by molar-refractivity contribution is 5.85. The topological polar surface area (TPSA) is 62.5 Å². The predicted octanol–water partition coefficient (Wildman–Crippen LogP) is 3.39. The monoisotopic (exact) mass is 309 g/mol. The van der Waals surface area contributed by atoms with E-state index >= 15 is 0 Å². The molecule has 0 spiro atoms. The Morgan fingerprint density at radius 3 is 2.52 bits per heavy atom. The third-order valence-electron chi connectivity index (χ3n) is 3.97. The Morgan fingerprint density at radius 2 is 1.83 bits per heavy atom. The molecular weight excluding hydrogens is 290 g/mol. The van der Waals surface area contributed by atoms with Crippen LogP contribution in [0.3, 0.4) is 0 Å². The molecule has 1 heterocycles. The van der Waals surface area contributed by atoms with E-state index < -0.39 is 12.0 Å². The van der Waals surface area contributed by atoms with Gasteiger partial charge in [-0.1, -0.05) is 48.5 Å². The van der Waals surface area contributed by atoms with Gasteiger partial charge in [-0.15, -0.1) is 0 Å².